The lowest BCUT2D eigenvalue weighted by molar-refractivity contribution is -0.123. The zero-order valence-electron chi connectivity index (χ0n) is 20.9. The van der Waals surface area contributed by atoms with Crippen molar-refractivity contribution in [3.63, 3.8) is 0 Å². The van der Waals surface area contributed by atoms with Crippen molar-refractivity contribution in [3.05, 3.63) is 60.6 Å². The molecule has 1 fully saturated rings. The number of piperazine rings is 1. The number of hydrogen-bond donors (Lipinski definition) is 3. The van der Waals surface area contributed by atoms with Crippen LogP contribution in [0.25, 0.3) is 11.1 Å². The second kappa shape index (κ2) is 11.0. The smallest absolute Gasteiger partial charge is 0.234 e. The fraction of sp³-hybridized carbons (Fsp3) is 0.407. The van der Waals surface area contributed by atoms with Crippen LogP contribution >= 0.6 is 0 Å². The van der Waals surface area contributed by atoms with Crippen LogP contribution in [0.1, 0.15) is 25.8 Å². The monoisotopic (exact) mass is 486 g/mol. The largest absolute Gasteiger partial charge is 0.355 e. The van der Waals surface area contributed by atoms with Crippen molar-refractivity contribution >= 4 is 23.4 Å². The third kappa shape index (κ3) is 5.98. The maximum atomic E-state index is 12.5. The van der Waals surface area contributed by atoms with Gasteiger partial charge in [-0.2, -0.15) is 0 Å². The number of rotatable bonds is 0. The van der Waals surface area contributed by atoms with Gasteiger partial charge in [0.25, 0.3) is 0 Å². The topological polar surface area (TPSA) is 98.3 Å². The molecular weight excluding hydrogens is 452 g/mol. The molecule has 2 aromatic heterocycles. The molecule has 8 bridgehead atoms. The number of benzene rings is 1. The maximum Gasteiger partial charge on any atom is 0.234 e. The van der Waals surface area contributed by atoms with Gasteiger partial charge < -0.3 is 16.0 Å². The van der Waals surface area contributed by atoms with E-state index in [1.807, 2.05) is 24.5 Å². The van der Waals surface area contributed by atoms with Crippen molar-refractivity contribution in [2.24, 2.45) is 0 Å². The Hall–Kier alpha value is -3.56. The summed E-state index contributed by atoms with van der Waals surface area (Å²) in [5, 5.41) is 9.74. The van der Waals surface area contributed by atoms with Gasteiger partial charge in [0.15, 0.2) is 0 Å². The molecule has 36 heavy (non-hydrogen) atoms. The molecule has 0 radical (unpaired) electrons. The summed E-state index contributed by atoms with van der Waals surface area (Å²) >= 11 is 0. The first-order valence-corrected chi connectivity index (χ1v) is 12.7. The normalized spacial score (nSPS) is 24.9. The van der Waals surface area contributed by atoms with Gasteiger partial charge in [-0.15, -0.1) is 0 Å². The van der Waals surface area contributed by atoms with Crippen LogP contribution in [0, 0.1) is 0 Å². The first-order valence-electron chi connectivity index (χ1n) is 12.7. The number of pyridine rings is 1. The van der Waals surface area contributed by atoms with E-state index in [4.69, 9.17) is 0 Å². The minimum Gasteiger partial charge on any atom is -0.355 e. The molecular formula is C27H34N8O. The zero-order valence-corrected chi connectivity index (χ0v) is 20.9. The average molecular weight is 487 g/mol. The lowest BCUT2D eigenvalue weighted by Gasteiger charge is -2.44. The highest BCUT2D eigenvalue weighted by molar-refractivity contribution is 5.78. The third-order valence-corrected chi connectivity index (χ3v) is 6.81. The lowest BCUT2D eigenvalue weighted by Crippen LogP contribution is -2.57. The molecule has 3 aromatic rings. The zero-order chi connectivity index (χ0) is 24.9. The fourth-order valence-corrected chi connectivity index (χ4v) is 5.04. The number of anilines is 3. The standard InChI is InChI=1S/C27H34N8O/c1-19-15-34-16-20(2)35(19)17-21-5-3-6-24(11-21)33-25-12-22(7-10-28-25)23-13-31-27(32-14-23)30-9-4-8-29-26(36)18-34/h3,5-7,10-14,19-20H,4,8-9,15-18H2,1-2H3,(H,28,33)(H,29,36)(H,30,31,32). The van der Waals surface area contributed by atoms with Crippen LogP contribution in [0.3, 0.4) is 0 Å². The molecule has 8 rings (SSSR count). The van der Waals surface area contributed by atoms with E-state index in [0.29, 0.717) is 37.7 Å². The summed E-state index contributed by atoms with van der Waals surface area (Å²) < 4.78 is 0. The van der Waals surface area contributed by atoms with Gasteiger partial charge in [0, 0.05) is 74.6 Å². The van der Waals surface area contributed by atoms with E-state index >= 15 is 0 Å². The highest BCUT2D eigenvalue weighted by Gasteiger charge is 2.30. The Kier molecular flexibility index (Phi) is 7.39. The molecule has 5 aliphatic rings. The highest BCUT2D eigenvalue weighted by Crippen LogP contribution is 2.25. The molecule has 1 aromatic carbocycles. The number of hydrogen-bond acceptors (Lipinski definition) is 8. The van der Waals surface area contributed by atoms with Crippen molar-refractivity contribution < 1.29 is 4.79 Å². The molecule has 0 aliphatic carbocycles. The number of nitrogens with zero attached hydrogens (tertiary/aromatic N) is 5. The summed E-state index contributed by atoms with van der Waals surface area (Å²) in [4.78, 5) is 30.7. The second-order valence-electron chi connectivity index (χ2n) is 9.75. The van der Waals surface area contributed by atoms with Crippen LogP contribution in [-0.4, -0.2) is 75.5 Å². The van der Waals surface area contributed by atoms with Crippen LogP contribution in [0.15, 0.2) is 55.0 Å². The molecule has 0 saturated carbocycles. The first-order chi connectivity index (χ1) is 17.5. The van der Waals surface area contributed by atoms with Crippen molar-refractivity contribution in [1.82, 2.24) is 30.1 Å². The maximum absolute atomic E-state index is 12.5. The predicted molar refractivity (Wildman–Crippen MR) is 142 cm³/mol. The number of amides is 1. The number of nitrogens with one attached hydrogen (secondary N) is 3. The van der Waals surface area contributed by atoms with Crippen LogP contribution < -0.4 is 16.0 Å². The van der Waals surface area contributed by atoms with Crippen molar-refractivity contribution in [2.45, 2.75) is 38.9 Å². The van der Waals surface area contributed by atoms with Gasteiger partial charge in [0.2, 0.25) is 11.9 Å². The highest BCUT2D eigenvalue weighted by atomic mass is 16.2. The lowest BCUT2D eigenvalue weighted by atomic mass is 10.1. The van der Waals surface area contributed by atoms with Gasteiger partial charge in [-0.3, -0.25) is 14.6 Å². The molecule has 2 atom stereocenters. The van der Waals surface area contributed by atoms with Crippen LogP contribution in [0.2, 0.25) is 0 Å². The average Bonchev–Trinajstić information content (AvgIpc) is 2.86. The van der Waals surface area contributed by atoms with E-state index in [9.17, 15) is 4.79 Å². The van der Waals surface area contributed by atoms with E-state index in [1.54, 1.807) is 6.20 Å². The van der Waals surface area contributed by atoms with Crippen LogP contribution in [-0.2, 0) is 11.3 Å². The van der Waals surface area contributed by atoms with Gasteiger partial charge in [-0.25, -0.2) is 15.0 Å². The second-order valence-corrected chi connectivity index (χ2v) is 9.75. The summed E-state index contributed by atoms with van der Waals surface area (Å²) in [6.45, 7) is 8.86. The summed E-state index contributed by atoms with van der Waals surface area (Å²) in [7, 11) is 0. The van der Waals surface area contributed by atoms with Gasteiger partial charge in [0.05, 0.1) is 6.54 Å². The minimum absolute atomic E-state index is 0.0796. The van der Waals surface area contributed by atoms with E-state index in [1.165, 1.54) is 5.56 Å². The summed E-state index contributed by atoms with van der Waals surface area (Å²) in [6.07, 6.45) is 6.22. The molecule has 2 unspecified atom stereocenters. The Morgan fingerprint density at radius 1 is 0.889 bits per heavy atom. The first kappa shape index (κ1) is 24.1. The van der Waals surface area contributed by atoms with Crippen molar-refractivity contribution in [1.29, 1.82) is 0 Å². The summed E-state index contributed by atoms with van der Waals surface area (Å²) in [5.41, 5.74) is 4.17. The number of carbonyl (C=O) groups excluding carboxylic acids is 1. The molecule has 188 valence electrons. The third-order valence-electron chi connectivity index (χ3n) is 6.81. The van der Waals surface area contributed by atoms with Crippen molar-refractivity contribution in [2.75, 3.05) is 43.4 Å². The number of aromatic nitrogens is 3. The molecule has 7 heterocycles. The van der Waals surface area contributed by atoms with Gasteiger partial charge in [-0.05, 0) is 55.7 Å². The van der Waals surface area contributed by atoms with Gasteiger partial charge in [0.1, 0.15) is 5.82 Å². The number of carbonyl (C=O) groups is 1. The Morgan fingerprint density at radius 3 is 2.47 bits per heavy atom. The quantitative estimate of drug-likeness (QED) is 0.446. The molecule has 9 nitrogen and oxygen atoms in total. The Balaban J connectivity index is 1.39. The SMILES string of the molecule is CC1CN2CC(=O)NCCCNc3ncc(cn3)-c3ccnc(c3)Nc3cccc(c3)CN1C(C)C2. The minimum atomic E-state index is 0.0796. The van der Waals surface area contributed by atoms with E-state index in [2.05, 4.69) is 78.8 Å². The molecule has 5 aliphatic heterocycles. The van der Waals surface area contributed by atoms with Crippen molar-refractivity contribution in [3.8, 4) is 11.1 Å². The summed E-state index contributed by atoms with van der Waals surface area (Å²) in [5.74, 6) is 1.43. The molecule has 1 saturated heterocycles. The molecule has 1 amide bonds. The van der Waals surface area contributed by atoms with E-state index in [0.717, 1.165) is 48.7 Å². The van der Waals surface area contributed by atoms with E-state index in [-0.39, 0.29) is 5.91 Å². The van der Waals surface area contributed by atoms with Crippen LogP contribution in [0.5, 0.6) is 0 Å². The Bertz CT molecular complexity index is 1170. The predicted octanol–water partition coefficient (Wildman–Crippen LogP) is 3.11. The summed E-state index contributed by atoms with van der Waals surface area (Å²) in [6, 6.07) is 13.2. The van der Waals surface area contributed by atoms with Gasteiger partial charge >= 0.3 is 0 Å². The van der Waals surface area contributed by atoms with E-state index < -0.39 is 0 Å². The fourth-order valence-electron chi connectivity index (χ4n) is 5.04. The molecule has 3 N–H and O–H groups in total. The molecule has 9 heteroatoms. The molecule has 0 spiro atoms. The van der Waals surface area contributed by atoms with Gasteiger partial charge in [-0.1, -0.05) is 12.1 Å². The Labute approximate surface area is 212 Å². The van der Waals surface area contributed by atoms with Crippen LogP contribution in [0.4, 0.5) is 17.5 Å². The Morgan fingerprint density at radius 2 is 1.67 bits per heavy atom.